The first-order valence-corrected chi connectivity index (χ1v) is 47.1. The van der Waals surface area contributed by atoms with Crippen molar-refractivity contribution < 1.29 is 17.7 Å². The molecule has 0 fully saturated rings. The van der Waals surface area contributed by atoms with E-state index in [0.29, 0.717) is 0 Å². The van der Waals surface area contributed by atoms with Gasteiger partial charge in [-0.2, -0.15) is 0 Å². The number of hydrogen-bond donors (Lipinski definition) is 0. The van der Waals surface area contributed by atoms with Gasteiger partial charge in [-0.1, -0.05) is 267 Å². The lowest BCUT2D eigenvalue weighted by atomic mass is 9.96. The van der Waals surface area contributed by atoms with Crippen molar-refractivity contribution in [1.29, 1.82) is 0 Å². The Morgan fingerprint density at radius 1 is 0.196 bits per heavy atom. The van der Waals surface area contributed by atoms with Crippen LogP contribution in [0.1, 0.15) is 0 Å². The largest absolute Gasteiger partial charge is 0.456 e. The monoisotopic (exact) mass is 1780 g/mol. The summed E-state index contributed by atoms with van der Waals surface area (Å²) in [7, 11) is 0. The molecule has 13 nitrogen and oxygen atoms in total. The van der Waals surface area contributed by atoms with Gasteiger partial charge in [0.1, 0.15) is 44.9 Å². The van der Waals surface area contributed by atoms with E-state index in [1.165, 1.54) is 69.0 Å². The fourth-order valence-electron chi connectivity index (χ4n) is 21.8. The molecule has 0 N–H and O–H groups in total. The number of aromatic nitrogens is 9. The van der Waals surface area contributed by atoms with Crippen molar-refractivity contribution in [2.45, 2.75) is 0 Å². The van der Waals surface area contributed by atoms with Gasteiger partial charge in [-0.05, 0) is 186 Å². The molecule has 0 saturated carbocycles. The topological polar surface area (TPSA) is 143 Å². The predicted molar refractivity (Wildman–Crippen MR) is 569 cm³/mol. The van der Waals surface area contributed by atoms with Crippen molar-refractivity contribution in [2.75, 3.05) is 0 Å². The Hall–Kier alpha value is -18.5. The number of pyridine rings is 6. The second-order valence-corrected chi connectivity index (χ2v) is 37.0. The summed E-state index contributed by atoms with van der Waals surface area (Å²) in [6.07, 6.45) is 12.1. The molecule has 0 spiro atoms. The first kappa shape index (κ1) is 76.1. The van der Waals surface area contributed by atoms with Gasteiger partial charge < -0.3 is 17.7 Å². The normalized spacial score (nSPS) is 12.2. The number of para-hydroxylation sites is 4. The fraction of sp³-hybridized carbons (Fsp3) is 0. The number of furan rings is 4. The molecule has 0 radical (unpaired) electrons. The third-order valence-corrected chi connectivity index (χ3v) is 29.4. The summed E-state index contributed by atoms with van der Waals surface area (Å²) in [4.78, 5) is 30.2. The Labute approximate surface area is 786 Å². The zero-order chi connectivity index (χ0) is 90.1. The van der Waals surface area contributed by atoms with Crippen molar-refractivity contribution >= 4 is 245 Å². The van der Waals surface area contributed by atoms with Gasteiger partial charge in [0.05, 0.1) is 68.8 Å². The van der Waals surface area contributed by atoms with Crippen molar-refractivity contribution in [3.8, 4) is 67.2 Å². The average molecular weight is 1780 g/mol. The maximum atomic E-state index is 6.29. The molecule has 14 heterocycles. The quantitative estimate of drug-likeness (QED) is 0.148. The summed E-state index contributed by atoms with van der Waals surface area (Å²) in [6.45, 7) is 0. The second kappa shape index (κ2) is 29.5. The van der Waals surface area contributed by atoms with Crippen LogP contribution in [0.4, 0.5) is 0 Å². The van der Waals surface area contributed by atoms with E-state index in [0.717, 1.165) is 232 Å². The van der Waals surface area contributed by atoms with Gasteiger partial charge in [-0.25, -0.2) is 15.0 Å². The fourth-order valence-corrected chi connectivity index (χ4v) is 23.0. The van der Waals surface area contributed by atoms with Gasteiger partial charge in [0.2, 0.25) is 0 Å². The molecule has 138 heavy (non-hydrogen) atoms. The molecule has 32 aromatic rings. The lowest BCUT2D eigenvalue weighted by Crippen LogP contribution is -1.89. The zero-order valence-corrected chi connectivity index (χ0v) is 74.2. The van der Waals surface area contributed by atoms with Crippen LogP contribution in [0.5, 0.6) is 0 Å². The highest BCUT2D eigenvalue weighted by molar-refractivity contribution is 7.25. The van der Waals surface area contributed by atoms with Crippen LogP contribution in [-0.4, -0.2) is 43.1 Å². The molecule has 14 aromatic heterocycles. The summed E-state index contributed by atoms with van der Waals surface area (Å²) in [5.41, 5.74) is 28.8. The van der Waals surface area contributed by atoms with Crippen LogP contribution in [0, 0.1) is 0 Å². The highest BCUT2D eigenvalue weighted by Crippen LogP contribution is 2.47. The van der Waals surface area contributed by atoms with E-state index in [1.807, 2.05) is 96.7 Å². The van der Waals surface area contributed by atoms with Gasteiger partial charge in [-0.3, -0.25) is 28.2 Å². The van der Waals surface area contributed by atoms with Crippen LogP contribution in [0.3, 0.4) is 0 Å². The molecule has 0 unspecified atom stereocenters. The number of fused-ring (bicyclic) bond motifs is 40. The van der Waals surface area contributed by atoms with Gasteiger partial charge in [0.25, 0.3) is 0 Å². The van der Waals surface area contributed by atoms with Crippen molar-refractivity contribution in [1.82, 2.24) is 43.1 Å². The van der Waals surface area contributed by atoms with Crippen LogP contribution >= 0.6 is 11.3 Å². The average Bonchev–Trinajstić information content (AvgIpc) is 1.56. The van der Waals surface area contributed by atoms with E-state index in [2.05, 4.69) is 347 Å². The van der Waals surface area contributed by atoms with Gasteiger partial charge >= 0.3 is 0 Å². The number of benzene rings is 18. The Morgan fingerprint density at radius 3 is 1.01 bits per heavy atom. The van der Waals surface area contributed by atoms with E-state index in [4.69, 9.17) is 47.6 Å². The number of rotatable bonds is 6. The van der Waals surface area contributed by atoms with E-state index >= 15 is 0 Å². The SMILES string of the molecule is c1ccc2c(-c3ccc(-c4ccc5c(c4)c4ccccc4c4nc6cc7c(cn6c54)oc4ccccc47)nc3)cccc2c1.c1ccc2c(c1)oc1cc(-c3ccnc(-c4ccc5c(c4)c4ccccc4c4nc6cc7c(cn6c54)oc4ccccc47)c3)ccc12.c1ccc2c(c1)oc1cn3c(cc12)nc1c2ccccc2c2cc(-c4cc(-c5ccc6c(c5)sc5ccccc56)ccn4)ccc2c13. The molecule has 0 amide bonds. The summed E-state index contributed by atoms with van der Waals surface area (Å²) < 4.78 is 34.2. The summed E-state index contributed by atoms with van der Waals surface area (Å²) in [5.74, 6) is 0. The molecule has 0 aliphatic carbocycles. The maximum absolute atomic E-state index is 6.29. The van der Waals surface area contributed by atoms with E-state index in [9.17, 15) is 0 Å². The molecule has 14 heteroatoms. The molecule has 0 saturated heterocycles. The highest BCUT2D eigenvalue weighted by Gasteiger charge is 2.25. The van der Waals surface area contributed by atoms with Crippen LogP contribution in [0.25, 0.3) is 301 Å². The van der Waals surface area contributed by atoms with E-state index in [-0.39, 0.29) is 0 Å². The lowest BCUT2D eigenvalue weighted by molar-refractivity contribution is 0.666. The van der Waals surface area contributed by atoms with Gasteiger partial charge in [0, 0.05) is 136 Å². The second-order valence-electron chi connectivity index (χ2n) is 35.9. The lowest BCUT2D eigenvalue weighted by Gasteiger charge is -2.10. The molecule has 0 aliphatic heterocycles. The summed E-state index contributed by atoms with van der Waals surface area (Å²) >= 11 is 1.85. The molecule has 0 atom stereocenters. The number of nitrogens with zero attached hydrogens (tertiary/aromatic N) is 9. The summed E-state index contributed by atoms with van der Waals surface area (Å²) in [6, 6.07) is 135. The minimum absolute atomic E-state index is 0.845. The molecule has 0 aliphatic rings. The van der Waals surface area contributed by atoms with Crippen LogP contribution < -0.4 is 0 Å². The van der Waals surface area contributed by atoms with Crippen LogP contribution in [0.2, 0.25) is 0 Å². The molecule has 0 bridgehead atoms. The van der Waals surface area contributed by atoms with Gasteiger partial charge in [0.15, 0.2) is 16.7 Å². The Kier molecular flexibility index (Phi) is 16.3. The van der Waals surface area contributed by atoms with E-state index < -0.39 is 0 Å². The Bertz CT molecular complexity index is 10500. The molecule has 18 aromatic carbocycles. The Balaban J connectivity index is 0.0000000979. The molecular weight excluding hydrogens is 1710 g/mol. The number of thiophene rings is 1. The number of hydrogen-bond acceptors (Lipinski definition) is 11. The third kappa shape index (κ3) is 11.7. The summed E-state index contributed by atoms with van der Waals surface area (Å²) in [5, 5.41) is 27.8. The van der Waals surface area contributed by atoms with Crippen LogP contribution in [0.15, 0.2) is 437 Å². The third-order valence-electron chi connectivity index (χ3n) is 28.3. The highest BCUT2D eigenvalue weighted by atomic mass is 32.1. The standard InChI is InChI=1S/C42H23N3O2.C42H23N3OS.C40H23N3O/c1-2-10-31-27(7-1)33-19-26(35-20-25(17-18-43-35)24-13-15-30-28-8-3-5-11-36(28)46-38(30)21-24)14-16-32(33)42-41(31)44-40-22-34-29-9-4-6-12-37(29)47-39(34)23-45(40)42;1-2-10-31-27(7-1)33-19-26(35-20-25(17-18-43-35)24-13-15-30-29-9-4-6-12-38(29)47-39(30)21-24)14-16-32(33)42-41(31)44-40-22-34-28-8-3-5-11-36(28)46-37(34)23-45(40)42;1-2-10-27-24(8-1)9-7-14-28(27)26-17-19-35(41-22-26)25-16-18-32-33(20-25)29-11-3-4-13-31(29)39-40(32)43-23-37-34(21-38(43)42-39)30-12-5-6-15-36(30)44-37/h2*1-23H;1-23H. The molecule has 640 valence electrons. The van der Waals surface area contributed by atoms with Crippen LogP contribution in [-0.2, 0) is 0 Å². The minimum atomic E-state index is 0.845. The first-order valence-electron chi connectivity index (χ1n) is 46.3. The van der Waals surface area contributed by atoms with E-state index in [1.54, 1.807) is 0 Å². The van der Waals surface area contributed by atoms with Crippen molar-refractivity contribution in [3.63, 3.8) is 0 Å². The van der Waals surface area contributed by atoms with Crippen molar-refractivity contribution in [2.24, 2.45) is 0 Å². The Morgan fingerprint density at radius 2 is 0.543 bits per heavy atom. The minimum Gasteiger partial charge on any atom is -0.456 e. The first-order chi connectivity index (χ1) is 68.3. The van der Waals surface area contributed by atoms with Crippen molar-refractivity contribution in [3.05, 3.63) is 419 Å². The maximum Gasteiger partial charge on any atom is 0.152 e. The smallest absolute Gasteiger partial charge is 0.152 e. The van der Waals surface area contributed by atoms with Gasteiger partial charge in [-0.15, -0.1) is 11.3 Å². The molecular formula is C124H69N9O4S. The number of imidazole rings is 3. The molecule has 32 rings (SSSR count). The predicted octanol–water partition coefficient (Wildman–Crippen LogP) is 33.7. The zero-order valence-electron chi connectivity index (χ0n) is 73.4.